The number of pyridine rings is 1. The largest absolute Gasteiger partial charge is 0.484 e. The summed E-state index contributed by atoms with van der Waals surface area (Å²) < 4.78 is 19.2. The molecule has 0 radical (unpaired) electrons. The molecule has 0 amide bonds. The lowest BCUT2D eigenvalue weighted by atomic mass is 10.1. The van der Waals surface area contributed by atoms with Gasteiger partial charge in [0.25, 0.3) is 0 Å². The highest BCUT2D eigenvalue weighted by Gasteiger charge is 2.26. The Bertz CT molecular complexity index is 353. The second-order valence-corrected chi connectivity index (χ2v) is 4.74. The van der Waals surface area contributed by atoms with Crippen LogP contribution in [0.25, 0.3) is 0 Å². The molecule has 4 heteroatoms. The summed E-state index contributed by atoms with van der Waals surface area (Å²) in [4.78, 5) is 4.30. The molecule has 1 aromatic rings. The summed E-state index contributed by atoms with van der Waals surface area (Å²) in [6.07, 6.45) is 0.912. The van der Waals surface area contributed by atoms with Crippen LogP contribution in [0.5, 0.6) is 5.75 Å². The predicted molar refractivity (Wildman–Crippen MR) is 65.1 cm³/mol. The van der Waals surface area contributed by atoms with Crippen molar-refractivity contribution in [2.45, 2.75) is 38.5 Å². The Labute approximate surface area is 101 Å². The van der Waals surface area contributed by atoms with Crippen LogP contribution in [0.4, 0.5) is 4.39 Å². The summed E-state index contributed by atoms with van der Waals surface area (Å²) in [5.41, 5.74) is 1.02. The van der Waals surface area contributed by atoms with Gasteiger partial charge in [-0.05, 0) is 31.0 Å². The molecule has 2 atom stereocenters. The third-order valence-electron chi connectivity index (χ3n) is 2.98. The first kappa shape index (κ1) is 12.3. The quantitative estimate of drug-likeness (QED) is 0.877. The van der Waals surface area contributed by atoms with E-state index >= 15 is 0 Å². The molecule has 94 valence electrons. The van der Waals surface area contributed by atoms with Crippen molar-refractivity contribution in [3.05, 3.63) is 24.0 Å². The van der Waals surface area contributed by atoms with Gasteiger partial charge in [0.05, 0.1) is 6.20 Å². The molecule has 17 heavy (non-hydrogen) atoms. The standard InChI is InChI=1S/C13H19FN2O/c1-9(2)12-4-3-10(7-16-12)17-13-8-15-6-5-11(13)14/h3-4,7,9,11,13,15H,5-6,8H2,1-2H3/t11-,13+/m0/s1. The van der Waals surface area contributed by atoms with Gasteiger partial charge in [0.2, 0.25) is 0 Å². The fourth-order valence-corrected chi connectivity index (χ4v) is 1.89. The van der Waals surface area contributed by atoms with E-state index in [1.165, 1.54) is 0 Å². The van der Waals surface area contributed by atoms with Crippen LogP contribution in [0.1, 0.15) is 31.9 Å². The Morgan fingerprint density at radius 1 is 1.47 bits per heavy atom. The third-order valence-corrected chi connectivity index (χ3v) is 2.98. The number of aromatic nitrogens is 1. The van der Waals surface area contributed by atoms with Gasteiger partial charge in [-0.1, -0.05) is 13.8 Å². The average Bonchev–Trinajstić information content (AvgIpc) is 2.33. The minimum absolute atomic E-state index is 0.393. The number of ether oxygens (including phenoxy) is 1. The molecular weight excluding hydrogens is 219 g/mol. The smallest absolute Gasteiger partial charge is 0.142 e. The number of piperidine rings is 1. The minimum Gasteiger partial charge on any atom is -0.484 e. The number of rotatable bonds is 3. The molecule has 2 heterocycles. The highest BCUT2D eigenvalue weighted by molar-refractivity contribution is 5.21. The molecule has 1 aliphatic heterocycles. The van der Waals surface area contributed by atoms with Crippen molar-refractivity contribution in [1.29, 1.82) is 0 Å². The number of nitrogens with one attached hydrogen (secondary N) is 1. The lowest BCUT2D eigenvalue weighted by Crippen LogP contribution is -2.45. The fourth-order valence-electron chi connectivity index (χ4n) is 1.89. The van der Waals surface area contributed by atoms with Crippen LogP contribution in [0.15, 0.2) is 18.3 Å². The molecule has 0 bridgehead atoms. The van der Waals surface area contributed by atoms with Gasteiger partial charge < -0.3 is 10.1 Å². The predicted octanol–water partition coefficient (Wildman–Crippen LogP) is 2.28. The molecule has 1 saturated heterocycles. The Hall–Kier alpha value is -1.16. The average molecular weight is 238 g/mol. The van der Waals surface area contributed by atoms with Crippen LogP contribution < -0.4 is 10.1 Å². The van der Waals surface area contributed by atoms with Gasteiger partial charge in [-0.2, -0.15) is 0 Å². The maximum Gasteiger partial charge on any atom is 0.142 e. The van der Waals surface area contributed by atoms with Gasteiger partial charge in [-0.25, -0.2) is 4.39 Å². The van der Waals surface area contributed by atoms with E-state index in [1.54, 1.807) is 6.20 Å². The molecule has 0 spiro atoms. The van der Waals surface area contributed by atoms with Gasteiger partial charge in [0, 0.05) is 12.2 Å². The Morgan fingerprint density at radius 3 is 2.88 bits per heavy atom. The number of alkyl halides is 1. The van der Waals surface area contributed by atoms with Crippen molar-refractivity contribution in [3.8, 4) is 5.75 Å². The molecule has 0 unspecified atom stereocenters. The maximum atomic E-state index is 13.6. The number of halogens is 1. The monoisotopic (exact) mass is 238 g/mol. The zero-order valence-corrected chi connectivity index (χ0v) is 10.3. The normalized spacial score (nSPS) is 24.9. The van der Waals surface area contributed by atoms with E-state index < -0.39 is 12.3 Å². The van der Waals surface area contributed by atoms with Crippen molar-refractivity contribution in [2.75, 3.05) is 13.1 Å². The van der Waals surface area contributed by atoms with Gasteiger partial charge in [0.15, 0.2) is 0 Å². The second kappa shape index (κ2) is 5.45. The van der Waals surface area contributed by atoms with Crippen molar-refractivity contribution in [3.63, 3.8) is 0 Å². The number of nitrogens with zero attached hydrogens (tertiary/aromatic N) is 1. The highest BCUT2D eigenvalue weighted by atomic mass is 19.1. The van der Waals surface area contributed by atoms with Gasteiger partial charge in [0.1, 0.15) is 18.0 Å². The van der Waals surface area contributed by atoms with E-state index in [1.807, 2.05) is 12.1 Å². The van der Waals surface area contributed by atoms with Crippen molar-refractivity contribution in [2.24, 2.45) is 0 Å². The van der Waals surface area contributed by atoms with E-state index in [-0.39, 0.29) is 0 Å². The molecule has 1 N–H and O–H groups in total. The van der Waals surface area contributed by atoms with Crippen LogP contribution in [-0.2, 0) is 0 Å². The van der Waals surface area contributed by atoms with E-state index in [2.05, 4.69) is 24.1 Å². The second-order valence-electron chi connectivity index (χ2n) is 4.74. The Morgan fingerprint density at radius 2 is 2.29 bits per heavy atom. The first-order valence-electron chi connectivity index (χ1n) is 6.14. The molecule has 3 nitrogen and oxygen atoms in total. The van der Waals surface area contributed by atoms with Crippen LogP contribution >= 0.6 is 0 Å². The molecule has 1 fully saturated rings. The van der Waals surface area contributed by atoms with Crippen LogP contribution in [0.3, 0.4) is 0 Å². The number of hydrogen-bond donors (Lipinski definition) is 1. The summed E-state index contributed by atoms with van der Waals surface area (Å²) in [5, 5.41) is 3.13. The summed E-state index contributed by atoms with van der Waals surface area (Å²) in [7, 11) is 0. The van der Waals surface area contributed by atoms with Crippen molar-refractivity contribution in [1.82, 2.24) is 10.3 Å². The van der Waals surface area contributed by atoms with Crippen LogP contribution in [-0.4, -0.2) is 30.3 Å². The lowest BCUT2D eigenvalue weighted by molar-refractivity contribution is 0.0742. The third kappa shape index (κ3) is 3.16. The zero-order chi connectivity index (χ0) is 12.3. The Balaban J connectivity index is 1.98. The van der Waals surface area contributed by atoms with Crippen LogP contribution in [0, 0.1) is 0 Å². The van der Waals surface area contributed by atoms with E-state index in [4.69, 9.17) is 4.74 Å². The zero-order valence-electron chi connectivity index (χ0n) is 10.3. The highest BCUT2D eigenvalue weighted by Crippen LogP contribution is 2.19. The summed E-state index contributed by atoms with van der Waals surface area (Å²) in [5.74, 6) is 1.04. The summed E-state index contributed by atoms with van der Waals surface area (Å²) in [6, 6.07) is 3.80. The number of hydrogen-bond acceptors (Lipinski definition) is 3. The molecule has 1 aliphatic rings. The lowest BCUT2D eigenvalue weighted by Gasteiger charge is -2.27. The van der Waals surface area contributed by atoms with Crippen LogP contribution in [0.2, 0.25) is 0 Å². The molecular formula is C13H19FN2O. The first-order chi connectivity index (χ1) is 8.16. The summed E-state index contributed by atoms with van der Waals surface area (Å²) in [6.45, 7) is 5.47. The summed E-state index contributed by atoms with van der Waals surface area (Å²) >= 11 is 0. The van der Waals surface area contributed by atoms with Crippen molar-refractivity contribution >= 4 is 0 Å². The van der Waals surface area contributed by atoms with E-state index in [0.29, 0.717) is 24.6 Å². The first-order valence-corrected chi connectivity index (χ1v) is 6.14. The fraction of sp³-hybridized carbons (Fsp3) is 0.615. The van der Waals surface area contributed by atoms with Crippen molar-refractivity contribution < 1.29 is 9.13 Å². The van der Waals surface area contributed by atoms with E-state index in [0.717, 1.165) is 12.2 Å². The molecule has 2 rings (SSSR count). The molecule has 0 aliphatic carbocycles. The van der Waals surface area contributed by atoms with Gasteiger partial charge >= 0.3 is 0 Å². The van der Waals surface area contributed by atoms with Gasteiger partial charge in [-0.3, -0.25) is 4.98 Å². The topological polar surface area (TPSA) is 34.1 Å². The minimum atomic E-state index is -0.888. The Kier molecular flexibility index (Phi) is 3.94. The van der Waals surface area contributed by atoms with E-state index in [9.17, 15) is 4.39 Å². The SMILES string of the molecule is CC(C)c1ccc(O[C@@H]2CNCC[C@@H]2F)cn1. The molecule has 1 aromatic heterocycles. The molecule has 0 saturated carbocycles. The molecule has 0 aromatic carbocycles. The maximum absolute atomic E-state index is 13.6. The van der Waals surface area contributed by atoms with Gasteiger partial charge in [-0.15, -0.1) is 0 Å².